The molecule has 0 bridgehead atoms. The van der Waals surface area contributed by atoms with Crippen LogP contribution >= 0.6 is 0 Å². The van der Waals surface area contributed by atoms with Gasteiger partial charge in [-0.1, -0.05) is 12.1 Å². The molecular weight excluding hydrogens is 398 g/mol. The monoisotopic (exact) mass is 425 g/mol. The Labute approximate surface area is 171 Å². The van der Waals surface area contributed by atoms with Crippen LogP contribution in [0.25, 0.3) is 0 Å². The Bertz CT molecular complexity index is 859. The quantitative estimate of drug-likeness (QED) is 0.723. The molecule has 9 nitrogen and oxygen atoms in total. The first-order valence-corrected chi connectivity index (χ1v) is 11.1. The fourth-order valence-corrected chi connectivity index (χ4v) is 5.57. The summed E-state index contributed by atoms with van der Waals surface area (Å²) in [5.74, 6) is -0.126. The number of benzene rings is 1. The van der Waals surface area contributed by atoms with E-state index in [2.05, 4.69) is 5.32 Å². The van der Waals surface area contributed by atoms with Gasteiger partial charge < -0.3 is 19.7 Å². The van der Waals surface area contributed by atoms with Crippen molar-refractivity contribution in [1.29, 1.82) is 0 Å². The largest absolute Gasteiger partial charge is 0.487 e. The predicted molar refractivity (Wildman–Crippen MR) is 105 cm³/mol. The van der Waals surface area contributed by atoms with Crippen molar-refractivity contribution in [3.8, 4) is 5.75 Å². The van der Waals surface area contributed by atoms with Gasteiger partial charge in [-0.15, -0.1) is 0 Å². The minimum Gasteiger partial charge on any atom is -0.487 e. The summed E-state index contributed by atoms with van der Waals surface area (Å²) in [5.41, 5.74) is 0. The molecule has 0 unspecified atom stereocenters. The zero-order chi connectivity index (χ0) is 21.0. The number of para-hydroxylation sites is 1. The zero-order valence-corrected chi connectivity index (χ0v) is 17.5. The van der Waals surface area contributed by atoms with E-state index >= 15 is 0 Å². The molecule has 2 amide bonds. The maximum Gasteiger partial charge on any atom is 0.247 e. The van der Waals surface area contributed by atoms with Crippen molar-refractivity contribution in [3.63, 3.8) is 0 Å². The molecule has 10 heteroatoms. The highest BCUT2D eigenvalue weighted by Crippen LogP contribution is 2.36. The first-order valence-electron chi connectivity index (χ1n) is 9.63. The molecule has 1 aromatic carbocycles. The third-order valence-electron chi connectivity index (χ3n) is 5.25. The van der Waals surface area contributed by atoms with Gasteiger partial charge in [0.2, 0.25) is 21.8 Å². The number of amides is 2. The van der Waals surface area contributed by atoms with Gasteiger partial charge >= 0.3 is 0 Å². The summed E-state index contributed by atoms with van der Waals surface area (Å²) in [6, 6.07) is 6.22. The normalized spacial score (nSPS) is 23.7. The molecule has 2 aliphatic heterocycles. The van der Waals surface area contributed by atoms with E-state index in [-0.39, 0.29) is 42.5 Å². The number of hydrogen-bond acceptors (Lipinski definition) is 6. The lowest BCUT2D eigenvalue weighted by Gasteiger charge is -2.31. The summed E-state index contributed by atoms with van der Waals surface area (Å²) >= 11 is 0. The number of ether oxygens (including phenoxy) is 2. The standard InChI is InChI=1S/C19H27N3O6S/c1-14(23)20-13-19(24)21-9-7-15-16(8-10-21)28-17-5-3-4-6-18(17)29(25,26)22(15)11-12-27-2/h3-6,15-16H,7-13H2,1-2H3,(H,20,23)/t15-,16-/m0/s1. The van der Waals surface area contributed by atoms with E-state index in [1.54, 1.807) is 29.2 Å². The van der Waals surface area contributed by atoms with E-state index in [9.17, 15) is 18.0 Å². The van der Waals surface area contributed by atoms with Gasteiger partial charge in [0.1, 0.15) is 16.7 Å². The molecule has 2 aliphatic rings. The average Bonchev–Trinajstić information content (AvgIpc) is 2.93. The smallest absolute Gasteiger partial charge is 0.247 e. The van der Waals surface area contributed by atoms with Gasteiger partial charge in [0.25, 0.3) is 0 Å². The van der Waals surface area contributed by atoms with Crippen molar-refractivity contribution in [2.45, 2.75) is 36.8 Å². The molecule has 1 aromatic rings. The minimum absolute atomic E-state index is 0.0694. The summed E-state index contributed by atoms with van der Waals surface area (Å²) in [6.07, 6.45) is 0.542. The second kappa shape index (κ2) is 9.10. The fraction of sp³-hybridized carbons (Fsp3) is 0.579. The molecule has 2 atom stereocenters. The number of rotatable bonds is 5. The lowest BCUT2D eigenvalue weighted by molar-refractivity contribution is -0.132. The summed E-state index contributed by atoms with van der Waals surface area (Å²) in [5, 5.41) is 2.51. The van der Waals surface area contributed by atoms with Gasteiger partial charge in [0, 0.05) is 40.1 Å². The Balaban J connectivity index is 1.87. The first kappa shape index (κ1) is 21.5. The van der Waals surface area contributed by atoms with Gasteiger partial charge in [0.05, 0.1) is 19.2 Å². The van der Waals surface area contributed by atoms with Crippen LogP contribution < -0.4 is 10.1 Å². The Morgan fingerprint density at radius 2 is 1.97 bits per heavy atom. The number of nitrogens with one attached hydrogen (secondary N) is 1. The lowest BCUT2D eigenvalue weighted by atomic mass is 10.1. The molecule has 3 rings (SSSR count). The number of sulfonamides is 1. The summed E-state index contributed by atoms with van der Waals surface area (Å²) < 4.78 is 39.4. The number of hydrogen-bond donors (Lipinski definition) is 1. The van der Waals surface area contributed by atoms with Crippen LogP contribution in [-0.4, -0.2) is 81.5 Å². The number of fused-ring (bicyclic) bond motifs is 2. The minimum atomic E-state index is -3.77. The van der Waals surface area contributed by atoms with Gasteiger partial charge in [-0.2, -0.15) is 4.31 Å². The fourth-order valence-electron chi connectivity index (χ4n) is 3.79. The van der Waals surface area contributed by atoms with E-state index in [0.29, 0.717) is 31.7 Å². The zero-order valence-electron chi connectivity index (χ0n) is 16.7. The predicted octanol–water partition coefficient (Wildman–Crippen LogP) is 0.212. The van der Waals surface area contributed by atoms with E-state index in [1.165, 1.54) is 18.3 Å². The maximum absolute atomic E-state index is 13.4. The molecule has 2 heterocycles. The highest BCUT2D eigenvalue weighted by Gasteiger charge is 2.43. The van der Waals surface area contributed by atoms with Crippen LogP contribution in [0.2, 0.25) is 0 Å². The van der Waals surface area contributed by atoms with Gasteiger partial charge in [-0.3, -0.25) is 9.59 Å². The van der Waals surface area contributed by atoms with Crippen molar-refractivity contribution >= 4 is 21.8 Å². The Kier molecular flexibility index (Phi) is 6.76. The summed E-state index contributed by atoms with van der Waals surface area (Å²) in [6.45, 7) is 2.57. The van der Waals surface area contributed by atoms with Crippen LogP contribution in [0.3, 0.4) is 0 Å². The highest BCUT2D eigenvalue weighted by molar-refractivity contribution is 7.89. The Hall–Kier alpha value is -2.17. The molecular formula is C19H27N3O6S. The van der Waals surface area contributed by atoms with Crippen molar-refractivity contribution in [2.75, 3.05) is 39.9 Å². The number of carbonyl (C=O) groups excluding carboxylic acids is 2. The van der Waals surface area contributed by atoms with Crippen LogP contribution in [0.15, 0.2) is 29.2 Å². The number of likely N-dealkylation sites (tertiary alicyclic amines) is 1. The van der Waals surface area contributed by atoms with Crippen molar-refractivity contribution in [3.05, 3.63) is 24.3 Å². The Morgan fingerprint density at radius 1 is 1.24 bits per heavy atom. The molecule has 160 valence electrons. The first-order chi connectivity index (χ1) is 13.8. The molecule has 0 aromatic heterocycles. The van der Waals surface area contributed by atoms with E-state index < -0.39 is 16.1 Å². The molecule has 1 fully saturated rings. The van der Waals surface area contributed by atoms with Crippen molar-refractivity contribution < 1.29 is 27.5 Å². The second-order valence-corrected chi connectivity index (χ2v) is 9.01. The molecule has 0 aliphatic carbocycles. The molecule has 0 saturated carbocycles. The highest BCUT2D eigenvalue weighted by atomic mass is 32.2. The van der Waals surface area contributed by atoms with Crippen molar-refractivity contribution in [2.24, 2.45) is 0 Å². The van der Waals surface area contributed by atoms with Gasteiger partial charge in [-0.25, -0.2) is 8.42 Å². The summed E-state index contributed by atoms with van der Waals surface area (Å²) in [7, 11) is -2.24. The lowest BCUT2D eigenvalue weighted by Crippen LogP contribution is -2.48. The average molecular weight is 426 g/mol. The number of nitrogens with zero attached hydrogens (tertiary/aromatic N) is 2. The van der Waals surface area contributed by atoms with E-state index in [4.69, 9.17) is 9.47 Å². The number of methoxy groups -OCH3 is 1. The summed E-state index contributed by atoms with van der Waals surface area (Å²) in [4.78, 5) is 25.3. The topological polar surface area (TPSA) is 105 Å². The molecule has 1 saturated heterocycles. The molecule has 0 spiro atoms. The van der Waals surface area contributed by atoms with Crippen molar-refractivity contribution in [1.82, 2.24) is 14.5 Å². The van der Waals surface area contributed by atoms with Crippen LogP contribution in [0, 0.1) is 0 Å². The van der Waals surface area contributed by atoms with Crippen LogP contribution in [0.4, 0.5) is 0 Å². The third kappa shape index (κ3) is 4.71. The molecule has 29 heavy (non-hydrogen) atoms. The number of carbonyl (C=O) groups is 2. The van der Waals surface area contributed by atoms with Crippen LogP contribution in [0.5, 0.6) is 5.75 Å². The van der Waals surface area contributed by atoms with E-state index in [0.717, 1.165) is 0 Å². The van der Waals surface area contributed by atoms with Crippen LogP contribution in [-0.2, 0) is 24.3 Å². The Morgan fingerprint density at radius 3 is 2.69 bits per heavy atom. The van der Waals surface area contributed by atoms with Gasteiger partial charge in [-0.05, 0) is 18.6 Å². The van der Waals surface area contributed by atoms with Crippen LogP contribution in [0.1, 0.15) is 19.8 Å². The third-order valence-corrected chi connectivity index (χ3v) is 7.21. The van der Waals surface area contributed by atoms with E-state index in [1.807, 2.05) is 0 Å². The maximum atomic E-state index is 13.4. The second-order valence-electron chi connectivity index (χ2n) is 7.15. The SMILES string of the molecule is COCCN1[C@H]2CCN(C(=O)CNC(C)=O)CC[C@@H]2Oc2ccccc2S1(=O)=O. The molecule has 1 N–H and O–H groups in total. The molecule has 0 radical (unpaired) electrons. The van der Waals surface area contributed by atoms with Gasteiger partial charge in [0.15, 0.2) is 0 Å².